The van der Waals surface area contributed by atoms with Crippen molar-refractivity contribution in [1.82, 2.24) is 5.01 Å². The first-order chi connectivity index (χ1) is 7.09. The molecular formula is C11H18N2O2. The molecule has 1 aliphatic carbocycles. The van der Waals surface area contributed by atoms with Crippen LogP contribution in [0.25, 0.3) is 0 Å². The highest BCUT2D eigenvalue weighted by molar-refractivity contribution is 5.62. The van der Waals surface area contributed by atoms with Crippen LogP contribution in [0.2, 0.25) is 0 Å². The van der Waals surface area contributed by atoms with Crippen molar-refractivity contribution >= 4 is 5.97 Å². The number of hydrogen-bond acceptors (Lipinski definition) is 3. The zero-order chi connectivity index (χ0) is 11.3. The molecule has 2 aliphatic rings. The maximum Gasteiger partial charge on any atom is 0.300 e. The standard InChI is InChI=1S/C9H14N2.C2H4O2/c10-11-6-5-8-3-1-2-4-9(8)7-11;1-2(3)4/h5-6H,1-4,7,10H2;1H3,(H,3,4). The molecule has 0 radical (unpaired) electrons. The van der Waals surface area contributed by atoms with Gasteiger partial charge in [0.1, 0.15) is 0 Å². The topological polar surface area (TPSA) is 66.6 Å². The van der Waals surface area contributed by atoms with Gasteiger partial charge in [0.25, 0.3) is 5.97 Å². The number of hydrazine groups is 1. The van der Waals surface area contributed by atoms with Gasteiger partial charge in [-0.25, -0.2) is 5.84 Å². The van der Waals surface area contributed by atoms with E-state index in [1.165, 1.54) is 31.3 Å². The number of nitrogens with two attached hydrogens (primary N) is 1. The van der Waals surface area contributed by atoms with Gasteiger partial charge < -0.3 is 10.1 Å². The van der Waals surface area contributed by atoms with E-state index in [4.69, 9.17) is 15.7 Å². The van der Waals surface area contributed by atoms with Crippen LogP contribution >= 0.6 is 0 Å². The van der Waals surface area contributed by atoms with E-state index < -0.39 is 5.97 Å². The SMILES string of the molecule is CC(=O)O.NN1C=CC2=C(CCCC2)C1. The second-order valence-corrected chi connectivity index (χ2v) is 3.84. The van der Waals surface area contributed by atoms with E-state index in [9.17, 15) is 0 Å². The fourth-order valence-corrected chi connectivity index (χ4v) is 1.83. The largest absolute Gasteiger partial charge is 0.481 e. The number of aliphatic carboxylic acids is 1. The van der Waals surface area contributed by atoms with E-state index in [0.717, 1.165) is 13.5 Å². The number of hydrogen-bond donors (Lipinski definition) is 2. The number of nitrogens with zero attached hydrogens (tertiary/aromatic N) is 1. The Morgan fingerprint density at radius 3 is 2.73 bits per heavy atom. The number of carbonyl (C=O) groups is 1. The summed E-state index contributed by atoms with van der Waals surface area (Å²) >= 11 is 0. The van der Waals surface area contributed by atoms with Crippen LogP contribution in [-0.2, 0) is 4.79 Å². The average molecular weight is 210 g/mol. The maximum atomic E-state index is 9.00. The van der Waals surface area contributed by atoms with Gasteiger partial charge in [0, 0.05) is 13.1 Å². The lowest BCUT2D eigenvalue weighted by Gasteiger charge is -2.26. The number of carboxylic acid groups (broad SMARTS) is 1. The van der Waals surface area contributed by atoms with E-state index in [1.54, 1.807) is 10.6 Å². The molecule has 0 spiro atoms. The normalized spacial score (nSPS) is 19.2. The molecule has 15 heavy (non-hydrogen) atoms. The Kier molecular flexibility index (Phi) is 4.37. The summed E-state index contributed by atoms with van der Waals surface area (Å²) in [6.45, 7) is 2.03. The Hall–Kier alpha value is -1.29. The van der Waals surface area contributed by atoms with E-state index >= 15 is 0 Å². The lowest BCUT2D eigenvalue weighted by Crippen LogP contribution is -2.30. The van der Waals surface area contributed by atoms with Gasteiger partial charge in [-0.15, -0.1) is 0 Å². The molecule has 0 amide bonds. The van der Waals surface area contributed by atoms with E-state index in [0.29, 0.717) is 0 Å². The summed E-state index contributed by atoms with van der Waals surface area (Å²) in [5.41, 5.74) is 3.10. The van der Waals surface area contributed by atoms with E-state index in [-0.39, 0.29) is 0 Å². The highest BCUT2D eigenvalue weighted by Crippen LogP contribution is 2.27. The van der Waals surface area contributed by atoms with Crippen molar-refractivity contribution < 1.29 is 9.90 Å². The minimum atomic E-state index is -0.833. The van der Waals surface area contributed by atoms with Gasteiger partial charge in [-0.3, -0.25) is 4.79 Å². The van der Waals surface area contributed by atoms with Gasteiger partial charge in [-0.05, 0) is 42.9 Å². The Morgan fingerprint density at radius 2 is 2.07 bits per heavy atom. The zero-order valence-electron chi connectivity index (χ0n) is 9.07. The molecule has 4 nitrogen and oxygen atoms in total. The molecule has 3 N–H and O–H groups in total. The van der Waals surface area contributed by atoms with Crippen molar-refractivity contribution in [2.75, 3.05) is 6.54 Å². The first kappa shape index (κ1) is 11.8. The molecule has 0 atom stereocenters. The van der Waals surface area contributed by atoms with Crippen LogP contribution in [0, 0.1) is 0 Å². The van der Waals surface area contributed by atoms with Crippen molar-refractivity contribution in [3.63, 3.8) is 0 Å². The maximum absolute atomic E-state index is 9.00. The molecule has 0 aromatic rings. The molecule has 0 bridgehead atoms. The summed E-state index contributed by atoms with van der Waals surface area (Å²) < 4.78 is 0. The number of rotatable bonds is 0. The van der Waals surface area contributed by atoms with Crippen LogP contribution in [0.5, 0.6) is 0 Å². The van der Waals surface area contributed by atoms with Gasteiger partial charge >= 0.3 is 0 Å². The van der Waals surface area contributed by atoms with Crippen LogP contribution in [0.1, 0.15) is 32.6 Å². The summed E-state index contributed by atoms with van der Waals surface area (Å²) in [6, 6.07) is 0. The monoisotopic (exact) mass is 210 g/mol. The van der Waals surface area contributed by atoms with Gasteiger partial charge in [0.2, 0.25) is 0 Å². The molecule has 4 heteroatoms. The van der Waals surface area contributed by atoms with Gasteiger partial charge in [0.15, 0.2) is 0 Å². The predicted octanol–water partition coefficient (Wildman–Crippen LogP) is 1.65. The third-order valence-corrected chi connectivity index (χ3v) is 2.47. The molecule has 0 unspecified atom stereocenters. The zero-order valence-corrected chi connectivity index (χ0v) is 9.07. The van der Waals surface area contributed by atoms with E-state index in [2.05, 4.69) is 6.08 Å². The highest BCUT2D eigenvalue weighted by atomic mass is 16.4. The molecule has 0 saturated carbocycles. The average Bonchev–Trinajstić information content (AvgIpc) is 2.16. The molecular weight excluding hydrogens is 192 g/mol. The van der Waals surface area contributed by atoms with Crippen LogP contribution in [0.15, 0.2) is 23.4 Å². The van der Waals surface area contributed by atoms with Crippen LogP contribution in [-0.4, -0.2) is 22.6 Å². The quantitative estimate of drug-likeness (QED) is 0.597. The van der Waals surface area contributed by atoms with Crippen LogP contribution < -0.4 is 5.84 Å². The second kappa shape index (κ2) is 5.56. The molecule has 0 aromatic carbocycles. The first-order valence-electron chi connectivity index (χ1n) is 5.19. The van der Waals surface area contributed by atoms with Crippen molar-refractivity contribution in [2.45, 2.75) is 32.6 Å². The Bertz CT molecular complexity index is 291. The summed E-state index contributed by atoms with van der Waals surface area (Å²) in [4.78, 5) is 9.00. The van der Waals surface area contributed by atoms with Gasteiger partial charge in [0.05, 0.1) is 6.54 Å². The molecule has 1 aliphatic heterocycles. The van der Waals surface area contributed by atoms with Crippen molar-refractivity contribution in [3.05, 3.63) is 23.4 Å². The van der Waals surface area contributed by atoms with Crippen LogP contribution in [0.4, 0.5) is 0 Å². The van der Waals surface area contributed by atoms with Crippen molar-refractivity contribution in [2.24, 2.45) is 5.84 Å². The molecule has 1 heterocycles. The summed E-state index contributed by atoms with van der Waals surface area (Å²) in [5.74, 6) is 4.82. The summed E-state index contributed by atoms with van der Waals surface area (Å²) in [5, 5.41) is 9.18. The lowest BCUT2D eigenvalue weighted by molar-refractivity contribution is -0.134. The predicted molar refractivity (Wildman–Crippen MR) is 58.8 cm³/mol. The van der Waals surface area contributed by atoms with Crippen molar-refractivity contribution in [1.29, 1.82) is 0 Å². The minimum absolute atomic E-state index is 0.833. The smallest absolute Gasteiger partial charge is 0.300 e. The van der Waals surface area contributed by atoms with Crippen molar-refractivity contribution in [3.8, 4) is 0 Å². The number of carboxylic acids is 1. The Morgan fingerprint density at radius 1 is 1.47 bits per heavy atom. The second-order valence-electron chi connectivity index (χ2n) is 3.84. The van der Waals surface area contributed by atoms with E-state index in [1.807, 2.05) is 6.20 Å². The van der Waals surface area contributed by atoms with Crippen LogP contribution in [0.3, 0.4) is 0 Å². The Balaban J connectivity index is 0.000000245. The molecule has 0 fully saturated rings. The van der Waals surface area contributed by atoms with Gasteiger partial charge in [-0.2, -0.15) is 0 Å². The Labute approximate surface area is 90.0 Å². The summed E-state index contributed by atoms with van der Waals surface area (Å²) in [6.07, 6.45) is 9.36. The van der Waals surface area contributed by atoms with Gasteiger partial charge in [-0.1, -0.05) is 0 Å². The summed E-state index contributed by atoms with van der Waals surface area (Å²) in [7, 11) is 0. The molecule has 84 valence electrons. The highest BCUT2D eigenvalue weighted by Gasteiger charge is 2.14. The third kappa shape index (κ3) is 4.16. The fraction of sp³-hybridized carbons (Fsp3) is 0.545. The molecule has 2 rings (SSSR count). The third-order valence-electron chi connectivity index (χ3n) is 2.47. The fourth-order valence-electron chi connectivity index (χ4n) is 1.83. The minimum Gasteiger partial charge on any atom is -0.481 e. The molecule has 0 saturated heterocycles. The first-order valence-corrected chi connectivity index (χ1v) is 5.19. The lowest BCUT2D eigenvalue weighted by atomic mass is 9.90. The number of allylic oxidation sites excluding steroid dienone is 2. The molecule has 0 aromatic heterocycles.